The molecule has 0 saturated carbocycles. The van der Waals surface area contributed by atoms with Crippen LogP contribution >= 0.6 is 0 Å². The fraction of sp³-hybridized carbons (Fsp3) is 0.429. The number of aromatic nitrogens is 3. The van der Waals surface area contributed by atoms with Crippen molar-refractivity contribution in [3.63, 3.8) is 0 Å². The Morgan fingerprint density at radius 2 is 2.33 bits per heavy atom. The Bertz CT molecular complexity index is 831. The second kappa shape index (κ2) is 5.72. The van der Waals surface area contributed by atoms with Gasteiger partial charge in [0.1, 0.15) is 30.1 Å². The van der Waals surface area contributed by atoms with Crippen molar-refractivity contribution in [3.8, 4) is 6.07 Å². The number of carbonyl (C=O) groups is 1. The third-order valence-corrected chi connectivity index (χ3v) is 3.89. The molecule has 1 aliphatic rings. The molecule has 0 aliphatic carbocycles. The van der Waals surface area contributed by atoms with Gasteiger partial charge in [-0.1, -0.05) is 6.92 Å². The minimum atomic E-state index is -1.98. The molecule has 3 rings (SSSR count). The smallest absolute Gasteiger partial charge is 0.307 e. The second-order valence-electron chi connectivity index (χ2n) is 5.27. The summed E-state index contributed by atoms with van der Waals surface area (Å²) in [5.74, 6) is -0.460. The van der Waals surface area contributed by atoms with Crippen molar-refractivity contribution in [2.75, 3.05) is 5.73 Å². The van der Waals surface area contributed by atoms with Crippen molar-refractivity contribution >= 4 is 17.3 Å². The third kappa shape index (κ3) is 2.18. The summed E-state index contributed by atoms with van der Waals surface area (Å²) in [5.41, 5.74) is 4.31. The summed E-state index contributed by atoms with van der Waals surface area (Å²) >= 11 is 0. The summed E-state index contributed by atoms with van der Waals surface area (Å²) in [5, 5.41) is 34.1. The van der Waals surface area contributed by atoms with Crippen molar-refractivity contribution in [2.45, 2.75) is 37.4 Å². The van der Waals surface area contributed by atoms with Crippen LogP contribution in [0, 0.1) is 11.3 Å². The van der Waals surface area contributed by atoms with Crippen molar-refractivity contribution in [3.05, 3.63) is 24.2 Å². The number of nitriles is 1. The van der Waals surface area contributed by atoms with Gasteiger partial charge in [-0.05, 0) is 12.1 Å². The summed E-state index contributed by atoms with van der Waals surface area (Å²) < 4.78 is 11.7. The average Bonchev–Trinajstić information content (AvgIpc) is 3.11. The van der Waals surface area contributed by atoms with Crippen molar-refractivity contribution < 1.29 is 24.5 Å². The molecule has 2 aromatic heterocycles. The quantitative estimate of drug-likeness (QED) is 0.603. The van der Waals surface area contributed by atoms with E-state index in [1.807, 2.05) is 6.07 Å². The number of nitrogens with zero attached hydrogens (tertiary/aromatic N) is 4. The summed E-state index contributed by atoms with van der Waals surface area (Å²) in [4.78, 5) is 15.3. The Labute approximate surface area is 136 Å². The van der Waals surface area contributed by atoms with Gasteiger partial charge in [-0.2, -0.15) is 10.4 Å². The standard InChI is InChI=1S/C14H15N5O5/c1-2-9(20)23-13-10(21)11(22)14(5-15,24-13)8-4-3-7-12(16)17-6-18-19(7)8/h3-4,6,10-11,13,21-22H,2H2,1H3,(H2,16,17,18)/t10-,11+,13-,14-/m0/s1. The van der Waals surface area contributed by atoms with Crippen molar-refractivity contribution in [1.82, 2.24) is 14.6 Å². The van der Waals surface area contributed by atoms with E-state index in [-0.39, 0.29) is 17.9 Å². The summed E-state index contributed by atoms with van der Waals surface area (Å²) in [6, 6.07) is 4.88. The van der Waals surface area contributed by atoms with Crippen LogP contribution in [0.15, 0.2) is 18.5 Å². The van der Waals surface area contributed by atoms with Crippen LogP contribution in [0.25, 0.3) is 5.52 Å². The number of ether oxygens (including phenoxy) is 2. The Morgan fingerprint density at radius 1 is 1.58 bits per heavy atom. The SMILES string of the molecule is CCC(=O)O[C@H]1O[C@@](C#N)(c2ccc3c(N)ncnn23)[C@H](O)[C@@H]1O. The highest BCUT2D eigenvalue weighted by Gasteiger charge is 2.59. The highest BCUT2D eigenvalue weighted by molar-refractivity contribution is 5.69. The van der Waals surface area contributed by atoms with E-state index >= 15 is 0 Å². The van der Waals surface area contributed by atoms with Crippen LogP contribution in [0.4, 0.5) is 5.82 Å². The topological polar surface area (TPSA) is 156 Å². The van der Waals surface area contributed by atoms with Gasteiger partial charge < -0.3 is 25.4 Å². The molecule has 1 aliphatic heterocycles. The van der Waals surface area contributed by atoms with Gasteiger partial charge in [0.15, 0.2) is 5.82 Å². The molecule has 0 amide bonds. The molecule has 0 bridgehead atoms. The maximum Gasteiger partial charge on any atom is 0.307 e. The van der Waals surface area contributed by atoms with Gasteiger partial charge in [0.2, 0.25) is 11.9 Å². The number of esters is 1. The predicted molar refractivity (Wildman–Crippen MR) is 78.0 cm³/mol. The lowest BCUT2D eigenvalue weighted by molar-refractivity contribution is -0.195. The number of hydrogen-bond acceptors (Lipinski definition) is 9. The Hall–Kier alpha value is -2.74. The number of nitrogen functional groups attached to an aromatic ring is 1. The first-order chi connectivity index (χ1) is 11.4. The second-order valence-corrected chi connectivity index (χ2v) is 5.27. The van der Waals surface area contributed by atoms with Crippen LogP contribution in [0.1, 0.15) is 19.0 Å². The average molecular weight is 333 g/mol. The number of hydrogen-bond donors (Lipinski definition) is 3. The third-order valence-electron chi connectivity index (χ3n) is 3.89. The van der Waals surface area contributed by atoms with E-state index in [0.717, 1.165) is 0 Å². The van der Waals surface area contributed by atoms with E-state index in [9.17, 15) is 20.3 Å². The molecule has 0 radical (unpaired) electrons. The van der Waals surface area contributed by atoms with Crippen LogP contribution in [0.5, 0.6) is 0 Å². The molecular weight excluding hydrogens is 318 g/mol. The molecule has 24 heavy (non-hydrogen) atoms. The lowest BCUT2D eigenvalue weighted by Gasteiger charge is -2.23. The van der Waals surface area contributed by atoms with E-state index in [2.05, 4.69) is 10.1 Å². The number of carbonyl (C=O) groups excluding carboxylic acids is 1. The fourth-order valence-electron chi connectivity index (χ4n) is 2.61. The molecule has 1 saturated heterocycles. The number of rotatable bonds is 3. The van der Waals surface area contributed by atoms with E-state index in [1.54, 1.807) is 13.0 Å². The molecule has 0 unspecified atom stereocenters. The van der Waals surface area contributed by atoms with Gasteiger partial charge in [0.25, 0.3) is 0 Å². The van der Waals surface area contributed by atoms with Crippen LogP contribution in [-0.2, 0) is 19.9 Å². The van der Waals surface area contributed by atoms with Gasteiger partial charge in [-0.25, -0.2) is 9.50 Å². The first-order valence-electron chi connectivity index (χ1n) is 7.18. The normalized spacial score (nSPS) is 29.5. The van der Waals surface area contributed by atoms with E-state index in [0.29, 0.717) is 5.52 Å². The zero-order valence-corrected chi connectivity index (χ0v) is 12.7. The molecular formula is C14H15N5O5. The van der Waals surface area contributed by atoms with Crippen LogP contribution in [0.3, 0.4) is 0 Å². The van der Waals surface area contributed by atoms with E-state index < -0.39 is 30.1 Å². The molecule has 0 aromatic carbocycles. The molecule has 3 heterocycles. The maximum absolute atomic E-state index is 11.4. The largest absolute Gasteiger partial charge is 0.433 e. The highest BCUT2D eigenvalue weighted by atomic mass is 16.7. The fourth-order valence-corrected chi connectivity index (χ4v) is 2.61. The zero-order chi connectivity index (χ0) is 17.5. The van der Waals surface area contributed by atoms with Gasteiger partial charge >= 0.3 is 5.97 Å². The van der Waals surface area contributed by atoms with Crippen molar-refractivity contribution in [1.29, 1.82) is 5.26 Å². The molecule has 2 aromatic rings. The molecule has 4 N–H and O–H groups in total. The van der Waals surface area contributed by atoms with Crippen LogP contribution in [0.2, 0.25) is 0 Å². The Kier molecular flexibility index (Phi) is 3.84. The van der Waals surface area contributed by atoms with Crippen LogP contribution in [-0.4, -0.2) is 49.3 Å². The first kappa shape index (κ1) is 16.1. The summed E-state index contributed by atoms with van der Waals surface area (Å²) in [6.07, 6.45) is -3.49. The first-order valence-corrected chi connectivity index (χ1v) is 7.18. The number of fused-ring (bicyclic) bond motifs is 1. The van der Waals surface area contributed by atoms with E-state index in [1.165, 1.54) is 16.9 Å². The monoisotopic (exact) mass is 333 g/mol. The molecule has 126 valence electrons. The summed E-state index contributed by atoms with van der Waals surface area (Å²) in [6.45, 7) is 1.57. The Morgan fingerprint density at radius 3 is 3.00 bits per heavy atom. The van der Waals surface area contributed by atoms with Gasteiger partial charge in [0.05, 0.1) is 5.69 Å². The van der Waals surface area contributed by atoms with E-state index in [4.69, 9.17) is 15.2 Å². The predicted octanol–water partition coefficient (Wildman–Crippen LogP) is -0.938. The molecule has 10 nitrogen and oxygen atoms in total. The summed E-state index contributed by atoms with van der Waals surface area (Å²) in [7, 11) is 0. The van der Waals surface area contributed by atoms with Gasteiger partial charge in [-0.15, -0.1) is 0 Å². The highest BCUT2D eigenvalue weighted by Crippen LogP contribution is 2.40. The molecule has 0 spiro atoms. The minimum Gasteiger partial charge on any atom is -0.433 e. The Balaban J connectivity index is 2.07. The number of aliphatic hydroxyl groups is 2. The molecule has 4 atom stereocenters. The van der Waals surface area contributed by atoms with Gasteiger partial charge in [0, 0.05) is 6.42 Å². The lowest BCUT2D eigenvalue weighted by atomic mass is 9.93. The van der Waals surface area contributed by atoms with Crippen LogP contribution < -0.4 is 5.73 Å². The number of aliphatic hydroxyl groups excluding tert-OH is 2. The van der Waals surface area contributed by atoms with Gasteiger partial charge in [-0.3, -0.25) is 4.79 Å². The van der Waals surface area contributed by atoms with Crippen molar-refractivity contribution in [2.24, 2.45) is 0 Å². The lowest BCUT2D eigenvalue weighted by Crippen LogP contribution is -2.41. The number of anilines is 1. The number of nitrogens with two attached hydrogens (primary N) is 1. The zero-order valence-electron chi connectivity index (χ0n) is 12.7. The minimum absolute atomic E-state index is 0.0556. The molecule has 10 heteroatoms. The maximum atomic E-state index is 11.4. The molecule has 1 fully saturated rings.